The topological polar surface area (TPSA) is 34.9 Å². The zero-order valence-corrected chi connectivity index (χ0v) is 17.4. The van der Waals surface area contributed by atoms with Gasteiger partial charge < -0.3 is 0 Å². The predicted octanol–water partition coefficient (Wildman–Crippen LogP) is 6.29. The molecule has 1 aromatic heterocycles. The van der Waals surface area contributed by atoms with Crippen molar-refractivity contribution in [2.24, 2.45) is 0 Å². The van der Waals surface area contributed by atoms with Gasteiger partial charge in [0, 0.05) is 5.75 Å². The lowest BCUT2D eigenvalue weighted by Crippen LogP contribution is -2.21. The van der Waals surface area contributed by atoms with Crippen molar-refractivity contribution in [2.45, 2.75) is 17.8 Å². The number of fused-ring (bicyclic) bond motifs is 1. The second-order valence-corrected chi connectivity index (χ2v) is 8.19. The molecule has 0 bridgehead atoms. The van der Waals surface area contributed by atoms with Crippen molar-refractivity contribution in [2.75, 3.05) is 0 Å². The third kappa shape index (κ3) is 3.81. The van der Waals surface area contributed by atoms with Crippen molar-refractivity contribution in [3.63, 3.8) is 0 Å². The van der Waals surface area contributed by atoms with Crippen LogP contribution in [0.5, 0.6) is 0 Å². The molecule has 0 atom stereocenters. The highest BCUT2D eigenvalue weighted by Gasteiger charge is 2.14. The van der Waals surface area contributed by atoms with E-state index in [-0.39, 0.29) is 5.56 Å². The van der Waals surface area contributed by atoms with Gasteiger partial charge in [-0.1, -0.05) is 76.9 Å². The minimum Gasteiger partial charge on any atom is -0.268 e. The molecule has 6 heteroatoms. The van der Waals surface area contributed by atoms with E-state index >= 15 is 0 Å². The van der Waals surface area contributed by atoms with E-state index in [2.05, 4.69) is 25.1 Å². The van der Waals surface area contributed by atoms with Crippen LogP contribution in [-0.2, 0) is 5.75 Å². The fourth-order valence-electron chi connectivity index (χ4n) is 3.01. The summed E-state index contributed by atoms with van der Waals surface area (Å²) in [5, 5.41) is 2.02. The zero-order chi connectivity index (χ0) is 19.7. The van der Waals surface area contributed by atoms with Gasteiger partial charge in [0.2, 0.25) is 0 Å². The Labute approximate surface area is 176 Å². The highest BCUT2D eigenvalue weighted by atomic mass is 35.5. The van der Waals surface area contributed by atoms with Crippen LogP contribution >= 0.6 is 35.0 Å². The molecule has 140 valence electrons. The van der Waals surface area contributed by atoms with Crippen LogP contribution in [0.2, 0.25) is 10.0 Å². The average Bonchev–Trinajstić information content (AvgIpc) is 2.69. The van der Waals surface area contributed by atoms with Gasteiger partial charge >= 0.3 is 0 Å². The predicted molar refractivity (Wildman–Crippen MR) is 118 cm³/mol. The summed E-state index contributed by atoms with van der Waals surface area (Å²) in [4.78, 5) is 18.0. The summed E-state index contributed by atoms with van der Waals surface area (Å²) in [6.45, 7) is 2.06. The fourth-order valence-corrected chi connectivity index (χ4v) is 4.26. The summed E-state index contributed by atoms with van der Waals surface area (Å²) >= 11 is 13.8. The van der Waals surface area contributed by atoms with Crippen LogP contribution in [0.25, 0.3) is 16.6 Å². The molecule has 0 spiro atoms. The SMILES string of the molecule is Cc1cccc(CSc2nc3ccccc3c(=O)n2-c2ccc(Cl)c(Cl)c2)c1. The molecule has 0 fully saturated rings. The molecule has 0 amide bonds. The van der Waals surface area contributed by atoms with E-state index in [1.165, 1.54) is 22.9 Å². The van der Waals surface area contributed by atoms with Crippen LogP contribution in [0.4, 0.5) is 0 Å². The number of aryl methyl sites for hydroxylation is 1. The number of halogens is 2. The van der Waals surface area contributed by atoms with E-state index in [9.17, 15) is 4.79 Å². The van der Waals surface area contributed by atoms with Crippen LogP contribution in [0.1, 0.15) is 11.1 Å². The monoisotopic (exact) mass is 426 g/mol. The summed E-state index contributed by atoms with van der Waals surface area (Å²) in [7, 11) is 0. The number of thioether (sulfide) groups is 1. The van der Waals surface area contributed by atoms with Crippen LogP contribution in [0, 0.1) is 6.92 Å². The normalized spacial score (nSPS) is 11.1. The average molecular weight is 427 g/mol. The number of para-hydroxylation sites is 1. The van der Waals surface area contributed by atoms with Gasteiger partial charge in [-0.2, -0.15) is 0 Å². The molecular formula is C22H16Cl2N2OS. The van der Waals surface area contributed by atoms with E-state index in [4.69, 9.17) is 28.2 Å². The van der Waals surface area contributed by atoms with Crippen molar-refractivity contribution in [3.05, 3.63) is 98.3 Å². The quantitative estimate of drug-likeness (QED) is 0.284. The van der Waals surface area contributed by atoms with Crippen LogP contribution in [-0.4, -0.2) is 9.55 Å². The second kappa shape index (κ2) is 8.00. The molecule has 4 aromatic rings. The minimum absolute atomic E-state index is 0.129. The van der Waals surface area contributed by atoms with Gasteiger partial charge in [-0.25, -0.2) is 4.98 Å². The van der Waals surface area contributed by atoms with E-state index in [1.807, 2.05) is 24.3 Å². The van der Waals surface area contributed by atoms with Gasteiger partial charge in [-0.15, -0.1) is 0 Å². The zero-order valence-electron chi connectivity index (χ0n) is 15.0. The first kappa shape index (κ1) is 19.1. The van der Waals surface area contributed by atoms with Crippen molar-refractivity contribution in [3.8, 4) is 5.69 Å². The Kier molecular flexibility index (Phi) is 5.44. The van der Waals surface area contributed by atoms with E-state index < -0.39 is 0 Å². The number of aromatic nitrogens is 2. The Morgan fingerprint density at radius 1 is 0.964 bits per heavy atom. The lowest BCUT2D eigenvalue weighted by atomic mass is 10.2. The van der Waals surface area contributed by atoms with Crippen molar-refractivity contribution in [1.29, 1.82) is 0 Å². The minimum atomic E-state index is -0.129. The van der Waals surface area contributed by atoms with Crippen LogP contribution < -0.4 is 5.56 Å². The number of rotatable bonds is 4. The number of nitrogens with zero attached hydrogens (tertiary/aromatic N) is 2. The third-order valence-corrected chi connectivity index (χ3v) is 6.11. The summed E-state index contributed by atoms with van der Waals surface area (Å²) in [5.41, 5.74) is 3.57. The highest BCUT2D eigenvalue weighted by Crippen LogP contribution is 2.28. The van der Waals surface area contributed by atoms with Gasteiger partial charge in [-0.05, 0) is 42.8 Å². The molecular weight excluding hydrogens is 411 g/mol. The number of hydrogen-bond donors (Lipinski definition) is 0. The third-order valence-electron chi connectivity index (χ3n) is 4.36. The molecule has 1 heterocycles. The Hall–Kier alpha value is -2.27. The molecule has 0 unspecified atom stereocenters. The summed E-state index contributed by atoms with van der Waals surface area (Å²) in [5.74, 6) is 0.702. The van der Waals surface area contributed by atoms with Crippen LogP contribution in [0.3, 0.4) is 0 Å². The first-order chi connectivity index (χ1) is 13.5. The molecule has 0 N–H and O–H groups in total. The molecule has 0 aliphatic carbocycles. The largest absolute Gasteiger partial charge is 0.268 e. The van der Waals surface area contributed by atoms with Gasteiger partial charge in [0.25, 0.3) is 5.56 Å². The molecule has 0 saturated heterocycles. The smallest absolute Gasteiger partial charge is 0.266 e. The molecule has 0 radical (unpaired) electrons. The van der Waals surface area contributed by atoms with Crippen molar-refractivity contribution in [1.82, 2.24) is 9.55 Å². The Bertz CT molecular complexity index is 1240. The molecule has 28 heavy (non-hydrogen) atoms. The van der Waals surface area contributed by atoms with Crippen molar-refractivity contribution >= 4 is 45.9 Å². The molecule has 3 nitrogen and oxygen atoms in total. The lowest BCUT2D eigenvalue weighted by molar-refractivity contribution is 0.819. The maximum Gasteiger partial charge on any atom is 0.266 e. The van der Waals surface area contributed by atoms with Gasteiger partial charge in [0.05, 0.1) is 26.6 Å². The van der Waals surface area contributed by atoms with Crippen molar-refractivity contribution < 1.29 is 0 Å². The Balaban J connectivity index is 1.85. The van der Waals surface area contributed by atoms with E-state index in [0.717, 1.165) is 0 Å². The first-order valence-electron chi connectivity index (χ1n) is 8.68. The van der Waals surface area contributed by atoms with Gasteiger partial charge in [-0.3, -0.25) is 9.36 Å². The second-order valence-electron chi connectivity index (χ2n) is 6.43. The molecule has 3 aromatic carbocycles. The van der Waals surface area contributed by atoms with E-state index in [1.54, 1.807) is 28.8 Å². The summed E-state index contributed by atoms with van der Waals surface area (Å²) < 4.78 is 1.60. The molecule has 4 rings (SSSR count). The Morgan fingerprint density at radius 3 is 2.57 bits per heavy atom. The van der Waals surface area contributed by atoms with E-state index in [0.29, 0.717) is 37.5 Å². The maximum atomic E-state index is 13.2. The molecule has 0 aliphatic heterocycles. The first-order valence-corrected chi connectivity index (χ1v) is 10.4. The number of benzene rings is 3. The molecule has 0 saturated carbocycles. The summed E-state index contributed by atoms with van der Waals surface area (Å²) in [6.07, 6.45) is 0. The van der Waals surface area contributed by atoms with Gasteiger partial charge in [0.15, 0.2) is 5.16 Å². The standard InChI is InChI=1S/C22H16Cl2N2OS/c1-14-5-4-6-15(11-14)13-28-22-25-20-8-3-2-7-17(20)21(27)26(22)16-9-10-18(23)19(24)12-16/h2-12H,13H2,1H3. The highest BCUT2D eigenvalue weighted by molar-refractivity contribution is 7.98. The van der Waals surface area contributed by atoms with Gasteiger partial charge in [0.1, 0.15) is 0 Å². The summed E-state index contributed by atoms with van der Waals surface area (Å²) in [6, 6.07) is 20.8. The fraction of sp³-hybridized carbons (Fsp3) is 0.0909. The lowest BCUT2D eigenvalue weighted by Gasteiger charge is -2.14. The number of hydrogen-bond acceptors (Lipinski definition) is 3. The maximum absolute atomic E-state index is 13.2. The Morgan fingerprint density at radius 2 is 1.79 bits per heavy atom. The molecule has 0 aliphatic rings. The van der Waals surface area contributed by atoms with Crippen LogP contribution in [0.15, 0.2) is 76.7 Å².